The molecule has 36 heavy (non-hydrogen) atoms. The van der Waals surface area contributed by atoms with Crippen molar-refractivity contribution in [3.05, 3.63) is 105 Å². The van der Waals surface area contributed by atoms with E-state index in [9.17, 15) is 14.4 Å². The van der Waals surface area contributed by atoms with Crippen molar-refractivity contribution in [3.8, 4) is 0 Å². The second-order valence-corrected chi connectivity index (χ2v) is 9.61. The topological polar surface area (TPSA) is 71.4 Å². The van der Waals surface area contributed by atoms with Crippen LogP contribution in [0.5, 0.6) is 0 Å². The van der Waals surface area contributed by atoms with E-state index in [1.165, 1.54) is 6.08 Å². The van der Waals surface area contributed by atoms with Gasteiger partial charge in [-0.15, -0.1) is 0 Å². The van der Waals surface area contributed by atoms with Gasteiger partial charge in [-0.3, -0.25) is 14.9 Å². The Morgan fingerprint density at radius 3 is 2.36 bits per heavy atom. The van der Waals surface area contributed by atoms with Crippen LogP contribution in [0.1, 0.15) is 22.3 Å². The van der Waals surface area contributed by atoms with Crippen molar-refractivity contribution in [2.75, 3.05) is 4.90 Å². The fraction of sp³-hybridized carbons (Fsp3) is 0.107. The first-order chi connectivity index (χ1) is 17.2. The third-order valence-corrected chi connectivity index (χ3v) is 6.63. The Kier molecular flexibility index (Phi) is 6.16. The number of barbiturate groups is 1. The van der Waals surface area contributed by atoms with Crippen molar-refractivity contribution < 1.29 is 14.4 Å². The summed E-state index contributed by atoms with van der Waals surface area (Å²) in [7, 11) is 0. The number of urea groups is 1. The van der Waals surface area contributed by atoms with Crippen LogP contribution in [0, 0.1) is 13.8 Å². The maximum Gasteiger partial charge on any atom is 0.335 e. The Morgan fingerprint density at radius 1 is 0.917 bits per heavy atom. The highest BCUT2D eigenvalue weighted by molar-refractivity contribution is 6.39. The lowest BCUT2D eigenvalue weighted by Gasteiger charge is -2.26. The number of rotatable bonds is 4. The molecular formula is C28H21Cl2N3O3. The molecule has 6 nitrogen and oxygen atoms in total. The highest BCUT2D eigenvalue weighted by atomic mass is 35.5. The van der Waals surface area contributed by atoms with Crippen molar-refractivity contribution in [2.45, 2.75) is 20.4 Å². The van der Waals surface area contributed by atoms with E-state index in [0.29, 0.717) is 27.8 Å². The highest BCUT2D eigenvalue weighted by Gasteiger charge is 2.37. The molecule has 2 heterocycles. The standard InChI is InChI=1S/C28H21Cl2N3O3/c1-16-9-17(2)11-21(10-16)33-27(35)23(26(34)31-28(33)36)12-19-15-32(25-6-4-3-5-22(19)25)14-18-7-8-20(29)13-24(18)30/h3-13,15H,14H2,1-2H3,(H,31,34,36)/b23-12+. The van der Waals surface area contributed by atoms with Crippen LogP contribution in [-0.2, 0) is 16.1 Å². The van der Waals surface area contributed by atoms with Gasteiger partial charge < -0.3 is 4.57 Å². The van der Waals surface area contributed by atoms with E-state index in [1.807, 2.05) is 61.0 Å². The molecule has 1 aromatic heterocycles. The molecule has 8 heteroatoms. The number of aryl methyl sites for hydroxylation is 2. The molecule has 5 rings (SSSR count). The van der Waals surface area contributed by atoms with Gasteiger partial charge in [0, 0.05) is 39.3 Å². The van der Waals surface area contributed by atoms with Gasteiger partial charge >= 0.3 is 6.03 Å². The van der Waals surface area contributed by atoms with E-state index in [2.05, 4.69) is 5.32 Å². The zero-order valence-corrected chi connectivity index (χ0v) is 21.0. The van der Waals surface area contributed by atoms with Crippen molar-refractivity contribution in [3.63, 3.8) is 0 Å². The van der Waals surface area contributed by atoms with Crippen LogP contribution in [-0.4, -0.2) is 22.4 Å². The molecular weight excluding hydrogens is 497 g/mol. The van der Waals surface area contributed by atoms with Crippen molar-refractivity contribution in [2.24, 2.45) is 0 Å². The van der Waals surface area contributed by atoms with Crippen LogP contribution < -0.4 is 10.2 Å². The number of benzene rings is 3. The first-order valence-electron chi connectivity index (χ1n) is 11.2. The number of amides is 4. The third kappa shape index (κ3) is 4.41. The molecule has 1 aliphatic heterocycles. The monoisotopic (exact) mass is 517 g/mol. The molecule has 1 fully saturated rings. The van der Waals surface area contributed by atoms with Gasteiger partial charge in [-0.05, 0) is 66.9 Å². The number of para-hydroxylation sites is 1. The molecule has 1 aliphatic rings. The zero-order chi connectivity index (χ0) is 25.6. The Bertz CT molecular complexity index is 1580. The summed E-state index contributed by atoms with van der Waals surface area (Å²) >= 11 is 12.4. The van der Waals surface area contributed by atoms with Gasteiger partial charge in [0.1, 0.15) is 5.57 Å². The molecule has 0 spiro atoms. The van der Waals surface area contributed by atoms with E-state index in [0.717, 1.165) is 32.5 Å². The number of nitrogens with zero attached hydrogens (tertiary/aromatic N) is 2. The SMILES string of the molecule is Cc1cc(C)cc(N2C(=O)NC(=O)/C(=C\c3cn(Cc4ccc(Cl)cc4Cl)c4ccccc34)C2=O)c1. The Hall–Kier alpha value is -3.87. The third-order valence-electron chi connectivity index (χ3n) is 6.04. The lowest BCUT2D eigenvalue weighted by atomic mass is 10.0. The van der Waals surface area contributed by atoms with Crippen molar-refractivity contribution in [1.82, 2.24) is 9.88 Å². The minimum atomic E-state index is -0.771. The van der Waals surface area contributed by atoms with E-state index in [4.69, 9.17) is 23.2 Å². The van der Waals surface area contributed by atoms with Crippen LogP contribution in [0.25, 0.3) is 17.0 Å². The smallest absolute Gasteiger partial charge is 0.335 e. The van der Waals surface area contributed by atoms with Crippen molar-refractivity contribution in [1.29, 1.82) is 0 Å². The lowest BCUT2D eigenvalue weighted by Crippen LogP contribution is -2.54. The predicted molar refractivity (Wildman–Crippen MR) is 142 cm³/mol. The lowest BCUT2D eigenvalue weighted by molar-refractivity contribution is -0.122. The number of carbonyl (C=O) groups is 3. The molecule has 0 radical (unpaired) electrons. The summed E-state index contributed by atoms with van der Waals surface area (Å²) in [6.07, 6.45) is 3.39. The molecule has 1 N–H and O–H groups in total. The summed E-state index contributed by atoms with van der Waals surface area (Å²) in [6, 6.07) is 17.6. The van der Waals surface area contributed by atoms with Crippen LogP contribution in [0.2, 0.25) is 10.0 Å². The summed E-state index contributed by atoms with van der Waals surface area (Å²) in [4.78, 5) is 39.8. The fourth-order valence-electron chi connectivity index (χ4n) is 4.48. The van der Waals surface area contributed by atoms with Crippen LogP contribution in [0.15, 0.2) is 72.4 Å². The number of aromatic nitrogens is 1. The molecule has 4 aromatic rings. The normalized spacial score (nSPS) is 15.2. The van der Waals surface area contributed by atoms with E-state index < -0.39 is 17.8 Å². The maximum absolute atomic E-state index is 13.4. The van der Waals surface area contributed by atoms with Gasteiger partial charge in [-0.2, -0.15) is 0 Å². The number of imide groups is 2. The first-order valence-corrected chi connectivity index (χ1v) is 12.0. The average Bonchev–Trinajstić information content (AvgIpc) is 3.15. The van der Waals surface area contributed by atoms with Gasteiger partial charge in [0.25, 0.3) is 11.8 Å². The molecule has 0 aliphatic carbocycles. The van der Waals surface area contributed by atoms with Crippen molar-refractivity contribution >= 4 is 63.7 Å². The fourth-order valence-corrected chi connectivity index (χ4v) is 4.95. The van der Waals surface area contributed by atoms with Gasteiger partial charge in [0.2, 0.25) is 0 Å². The predicted octanol–water partition coefficient (Wildman–Crippen LogP) is 6.28. The first kappa shape index (κ1) is 23.9. The van der Waals surface area contributed by atoms with Crippen LogP contribution >= 0.6 is 23.2 Å². The van der Waals surface area contributed by atoms with Gasteiger partial charge in [-0.25, -0.2) is 9.69 Å². The summed E-state index contributed by atoms with van der Waals surface area (Å²) < 4.78 is 1.99. The Labute approximate surface area is 217 Å². The molecule has 0 bridgehead atoms. The number of halogens is 2. The summed E-state index contributed by atoms with van der Waals surface area (Å²) in [5, 5.41) is 4.25. The number of anilines is 1. The zero-order valence-electron chi connectivity index (χ0n) is 19.5. The Morgan fingerprint density at radius 2 is 1.64 bits per heavy atom. The maximum atomic E-state index is 13.4. The van der Waals surface area contributed by atoms with Crippen LogP contribution in [0.4, 0.5) is 10.5 Å². The Balaban J connectivity index is 1.58. The molecule has 3 aromatic carbocycles. The number of fused-ring (bicyclic) bond motifs is 1. The summed E-state index contributed by atoms with van der Waals surface area (Å²) in [5.74, 6) is -1.41. The highest BCUT2D eigenvalue weighted by Crippen LogP contribution is 2.29. The largest absolute Gasteiger partial charge is 0.342 e. The molecule has 180 valence electrons. The number of hydrogen-bond acceptors (Lipinski definition) is 3. The summed E-state index contributed by atoms with van der Waals surface area (Å²) in [5.41, 5.74) is 4.53. The molecule has 4 amide bonds. The molecule has 1 saturated heterocycles. The van der Waals surface area contributed by atoms with E-state index >= 15 is 0 Å². The summed E-state index contributed by atoms with van der Waals surface area (Å²) in [6.45, 7) is 4.23. The molecule has 0 saturated carbocycles. The number of hydrogen-bond donors (Lipinski definition) is 1. The second-order valence-electron chi connectivity index (χ2n) is 8.77. The van der Waals surface area contributed by atoms with E-state index in [-0.39, 0.29) is 5.57 Å². The van der Waals surface area contributed by atoms with Gasteiger partial charge in [0.15, 0.2) is 0 Å². The second kappa shape index (κ2) is 9.30. The quantitative estimate of drug-likeness (QED) is 0.255. The van der Waals surface area contributed by atoms with E-state index in [1.54, 1.807) is 24.3 Å². The van der Waals surface area contributed by atoms with Gasteiger partial charge in [-0.1, -0.05) is 53.5 Å². The average molecular weight is 518 g/mol. The number of carbonyl (C=O) groups excluding carboxylic acids is 3. The van der Waals surface area contributed by atoms with Crippen LogP contribution in [0.3, 0.4) is 0 Å². The molecule has 0 unspecified atom stereocenters. The minimum absolute atomic E-state index is 0.124. The number of nitrogens with one attached hydrogen (secondary N) is 1. The van der Waals surface area contributed by atoms with Gasteiger partial charge in [0.05, 0.1) is 5.69 Å². The minimum Gasteiger partial charge on any atom is -0.342 e. The molecule has 0 atom stereocenters.